The van der Waals surface area contributed by atoms with Crippen molar-refractivity contribution in [2.24, 2.45) is 9.98 Å². The van der Waals surface area contributed by atoms with Gasteiger partial charge in [-0.25, -0.2) is 13.4 Å². The molecule has 5 heteroatoms. The summed E-state index contributed by atoms with van der Waals surface area (Å²) in [5, 5.41) is -0.220. The van der Waals surface area contributed by atoms with Crippen LogP contribution >= 0.6 is 0 Å². The molecule has 0 atom stereocenters. The second-order valence-corrected chi connectivity index (χ2v) is 3.35. The fourth-order valence-corrected chi connectivity index (χ4v) is 0.920. The Morgan fingerprint density at radius 1 is 1.56 bits per heavy atom. The molecule has 0 heterocycles. The molecule has 0 aromatic heterocycles. The van der Waals surface area contributed by atoms with Gasteiger partial charge in [0.05, 0.1) is 0 Å². The highest BCUT2D eigenvalue weighted by atomic mass is 32.2. The van der Waals surface area contributed by atoms with Crippen LogP contribution in [-0.2, 0) is 9.84 Å². The molecule has 52 valence electrons. The van der Waals surface area contributed by atoms with Gasteiger partial charge in [0.25, 0.3) is 0 Å². The lowest BCUT2D eigenvalue weighted by atomic mass is 11.2. The summed E-state index contributed by atoms with van der Waals surface area (Å²) in [5.74, 6) is 0. The van der Waals surface area contributed by atoms with Crippen molar-refractivity contribution in [3.8, 4) is 0 Å². The lowest BCUT2D eigenvalue weighted by Gasteiger charge is -1.90. The molecule has 4 nitrogen and oxygen atoms in total. The van der Waals surface area contributed by atoms with E-state index >= 15 is 0 Å². The molecular formula is C4H8N2O2S. The van der Waals surface area contributed by atoms with Crippen LogP contribution in [0.25, 0.3) is 0 Å². The first-order valence-corrected chi connectivity index (χ1v) is 4.05. The summed E-state index contributed by atoms with van der Waals surface area (Å²) in [6, 6.07) is 0. The number of sulfone groups is 1. The minimum absolute atomic E-state index is 0.220. The van der Waals surface area contributed by atoms with Gasteiger partial charge in [0.2, 0.25) is 15.0 Å². The van der Waals surface area contributed by atoms with Crippen LogP contribution in [0.2, 0.25) is 0 Å². The van der Waals surface area contributed by atoms with Gasteiger partial charge in [0, 0.05) is 13.3 Å². The number of amidine groups is 1. The van der Waals surface area contributed by atoms with Crippen molar-refractivity contribution < 1.29 is 8.42 Å². The van der Waals surface area contributed by atoms with E-state index in [1.807, 2.05) is 0 Å². The molecule has 9 heavy (non-hydrogen) atoms. The molecule has 0 unspecified atom stereocenters. The van der Waals surface area contributed by atoms with Gasteiger partial charge in [0.15, 0.2) is 0 Å². The third-order valence-electron chi connectivity index (χ3n) is 0.658. The average molecular weight is 148 g/mol. The zero-order chi connectivity index (χ0) is 7.49. The van der Waals surface area contributed by atoms with Gasteiger partial charge in [-0.1, -0.05) is 0 Å². The minimum atomic E-state index is -3.24. The van der Waals surface area contributed by atoms with Crippen molar-refractivity contribution >= 4 is 21.7 Å². The van der Waals surface area contributed by atoms with E-state index in [-0.39, 0.29) is 5.17 Å². The minimum Gasteiger partial charge on any atom is -0.260 e. The highest BCUT2D eigenvalue weighted by Crippen LogP contribution is 1.88. The van der Waals surface area contributed by atoms with Gasteiger partial charge >= 0.3 is 0 Å². The molecule has 0 spiro atoms. The number of aliphatic imine (C=N–C) groups is 2. The number of nitrogens with zero attached hydrogens (tertiary/aromatic N) is 2. The Hall–Kier alpha value is -0.710. The summed E-state index contributed by atoms with van der Waals surface area (Å²) in [6.07, 6.45) is 1.03. The lowest BCUT2D eigenvalue weighted by molar-refractivity contribution is 0.612. The fraction of sp³-hybridized carbons (Fsp3) is 0.500. The number of hydrogen-bond acceptors (Lipinski definition) is 3. The first-order chi connectivity index (χ1) is 4.02. The molecule has 0 aliphatic rings. The van der Waals surface area contributed by atoms with Crippen LogP contribution in [0.1, 0.15) is 0 Å². The maximum Gasteiger partial charge on any atom is 0.241 e. The fourth-order valence-electron chi connectivity index (χ4n) is 0.354. The van der Waals surface area contributed by atoms with E-state index in [0.717, 1.165) is 6.26 Å². The summed E-state index contributed by atoms with van der Waals surface area (Å²) in [4.78, 5) is 6.57. The molecule has 0 aromatic carbocycles. The Kier molecular flexibility index (Phi) is 2.51. The van der Waals surface area contributed by atoms with Crippen LogP contribution in [0.4, 0.5) is 0 Å². The predicted octanol–water partition coefficient (Wildman–Crippen LogP) is -0.283. The molecule has 0 aliphatic heterocycles. The SMILES string of the molecule is C=N/C(=N\C)S(C)(=O)=O. The highest BCUT2D eigenvalue weighted by molar-refractivity contribution is 8.05. The zero-order valence-electron chi connectivity index (χ0n) is 5.33. The second-order valence-electron chi connectivity index (χ2n) is 1.44. The molecule has 0 aromatic rings. The van der Waals surface area contributed by atoms with Gasteiger partial charge in [-0.3, -0.25) is 4.99 Å². The predicted molar refractivity (Wildman–Crippen MR) is 37.8 cm³/mol. The third-order valence-corrected chi connectivity index (χ3v) is 1.63. The molecule has 0 radical (unpaired) electrons. The lowest BCUT2D eigenvalue weighted by Crippen LogP contribution is -2.08. The molecular weight excluding hydrogens is 140 g/mol. The van der Waals surface area contributed by atoms with Gasteiger partial charge < -0.3 is 0 Å². The normalized spacial score (nSPS) is 13.3. The summed E-state index contributed by atoms with van der Waals surface area (Å²) < 4.78 is 21.1. The largest absolute Gasteiger partial charge is 0.260 e. The first-order valence-electron chi connectivity index (χ1n) is 2.16. The summed E-state index contributed by atoms with van der Waals surface area (Å²) in [7, 11) is -1.89. The summed E-state index contributed by atoms with van der Waals surface area (Å²) in [6.45, 7) is 3.04. The second kappa shape index (κ2) is 2.72. The van der Waals surface area contributed by atoms with Crippen LogP contribution in [0.3, 0.4) is 0 Å². The molecule has 0 amide bonds. The molecule has 0 bridgehead atoms. The summed E-state index contributed by atoms with van der Waals surface area (Å²) in [5.41, 5.74) is 0. The van der Waals surface area contributed by atoms with E-state index in [4.69, 9.17) is 0 Å². The van der Waals surface area contributed by atoms with Gasteiger partial charge in [-0.05, 0) is 6.72 Å². The Morgan fingerprint density at radius 2 is 2.00 bits per heavy atom. The van der Waals surface area contributed by atoms with E-state index in [1.165, 1.54) is 7.05 Å². The van der Waals surface area contributed by atoms with E-state index in [0.29, 0.717) is 0 Å². The van der Waals surface area contributed by atoms with Crippen molar-refractivity contribution in [2.75, 3.05) is 13.3 Å². The third kappa shape index (κ3) is 2.36. The zero-order valence-corrected chi connectivity index (χ0v) is 6.14. The van der Waals surface area contributed by atoms with E-state index in [2.05, 4.69) is 16.7 Å². The van der Waals surface area contributed by atoms with Crippen molar-refractivity contribution in [1.29, 1.82) is 0 Å². The van der Waals surface area contributed by atoms with Crippen LogP contribution < -0.4 is 0 Å². The topological polar surface area (TPSA) is 58.9 Å². The quantitative estimate of drug-likeness (QED) is 0.350. The highest BCUT2D eigenvalue weighted by Gasteiger charge is 2.07. The maximum atomic E-state index is 10.5. The Morgan fingerprint density at radius 3 is 2.00 bits per heavy atom. The van der Waals surface area contributed by atoms with Gasteiger partial charge in [0.1, 0.15) is 0 Å². The summed E-state index contributed by atoms with van der Waals surface area (Å²) >= 11 is 0. The first kappa shape index (κ1) is 8.29. The number of hydrogen-bond donors (Lipinski definition) is 0. The Labute approximate surface area is 54.3 Å². The standard InChI is InChI=1S/C4H8N2O2S/c1-5-4(6-2)9(3,7)8/h1H2,2-3H3/b6-4+. The van der Waals surface area contributed by atoms with Crippen molar-refractivity contribution in [3.63, 3.8) is 0 Å². The Bertz CT molecular complexity index is 227. The van der Waals surface area contributed by atoms with Crippen LogP contribution in [0, 0.1) is 0 Å². The van der Waals surface area contributed by atoms with Crippen LogP contribution in [0.5, 0.6) is 0 Å². The van der Waals surface area contributed by atoms with Crippen molar-refractivity contribution in [2.45, 2.75) is 0 Å². The number of rotatable bonds is 0. The van der Waals surface area contributed by atoms with Gasteiger partial charge in [-0.15, -0.1) is 0 Å². The molecule has 0 saturated carbocycles. The van der Waals surface area contributed by atoms with E-state index < -0.39 is 9.84 Å². The van der Waals surface area contributed by atoms with Gasteiger partial charge in [-0.2, -0.15) is 0 Å². The van der Waals surface area contributed by atoms with Crippen molar-refractivity contribution in [1.82, 2.24) is 0 Å². The van der Waals surface area contributed by atoms with E-state index in [9.17, 15) is 8.42 Å². The van der Waals surface area contributed by atoms with Crippen molar-refractivity contribution in [3.05, 3.63) is 0 Å². The maximum absolute atomic E-state index is 10.5. The molecule has 0 rings (SSSR count). The average Bonchev–Trinajstić information content (AvgIpc) is 1.65. The monoisotopic (exact) mass is 148 g/mol. The van der Waals surface area contributed by atoms with Crippen LogP contribution in [-0.4, -0.2) is 33.6 Å². The molecule has 0 fully saturated rings. The molecule has 0 N–H and O–H groups in total. The van der Waals surface area contributed by atoms with Crippen LogP contribution in [0.15, 0.2) is 9.98 Å². The molecule has 0 aliphatic carbocycles. The van der Waals surface area contributed by atoms with E-state index in [1.54, 1.807) is 0 Å². The smallest absolute Gasteiger partial charge is 0.241 e. The molecule has 0 saturated heterocycles. The Balaban J connectivity index is 4.77.